The Kier molecular flexibility index (Phi) is 6.81. The highest BCUT2D eigenvalue weighted by molar-refractivity contribution is 6.31. The molecule has 0 bridgehead atoms. The number of likely N-dealkylation sites (tertiary alicyclic amines) is 1. The average molecular weight is 425 g/mol. The molecule has 0 aliphatic carbocycles. The first kappa shape index (κ1) is 20.9. The van der Waals surface area contributed by atoms with Crippen molar-refractivity contribution in [3.8, 4) is 11.5 Å². The van der Waals surface area contributed by atoms with E-state index >= 15 is 0 Å². The number of amides is 1. The first-order valence-corrected chi connectivity index (χ1v) is 9.71. The summed E-state index contributed by atoms with van der Waals surface area (Å²) in [5.74, 6) is 1.81. The van der Waals surface area contributed by atoms with Gasteiger partial charge >= 0.3 is 0 Å². The molecule has 4 rings (SSSR count). The fourth-order valence-electron chi connectivity index (χ4n) is 3.98. The zero-order valence-electron chi connectivity index (χ0n) is 15.4. The Hall–Kier alpha value is -1.82. The molecule has 2 atom stereocenters. The molecule has 0 radical (unpaired) electrons. The number of rotatable bonds is 3. The van der Waals surface area contributed by atoms with Gasteiger partial charge in [0, 0.05) is 18.1 Å². The van der Waals surface area contributed by atoms with E-state index in [1.807, 2.05) is 4.90 Å². The maximum atomic E-state index is 13.2. The fourth-order valence-corrected chi connectivity index (χ4v) is 4.15. The van der Waals surface area contributed by atoms with Crippen molar-refractivity contribution < 1.29 is 13.9 Å². The third-order valence-electron chi connectivity index (χ3n) is 5.52. The number of nitrogens with zero attached hydrogens (tertiary/aromatic N) is 1. The van der Waals surface area contributed by atoms with E-state index in [0.29, 0.717) is 33.9 Å². The number of carbonyl (C=O) groups is 1. The highest BCUT2D eigenvalue weighted by Gasteiger charge is 2.32. The zero-order valence-corrected chi connectivity index (χ0v) is 16.9. The second-order valence-corrected chi connectivity index (χ2v) is 7.68. The van der Waals surface area contributed by atoms with Gasteiger partial charge in [-0.25, -0.2) is 4.39 Å². The van der Waals surface area contributed by atoms with Gasteiger partial charge in [-0.05, 0) is 80.2 Å². The number of benzene rings is 2. The first-order chi connectivity index (χ1) is 13.1. The van der Waals surface area contributed by atoms with E-state index < -0.39 is 0 Å². The van der Waals surface area contributed by atoms with Gasteiger partial charge in [-0.2, -0.15) is 0 Å². The summed E-state index contributed by atoms with van der Waals surface area (Å²) in [6.45, 7) is 3.57. The minimum Gasteiger partial charge on any atom is -0.457 e. The lowest BCUT2D eigenvalue weighted by Crippen LogP contribution is -2.33. The van der Waals surface area contributed by atoms with E-state index in [1.54, 1.807) is 30.3 Å². The number of halogens is 3. The lowest BCUT2D eigenvalue weighted by atomic mass is 9.92. The van der Waals surface area contributed by atoms with E-state index in [2.05, 4.69) is 5.32 Å². The summed E-state index contributed by atoms with van der Waals surface area (Å²) in [6, 6.07) is 10.8. The van der Waals surface area contributed by atoms with Gasteiger partial charge in [0.2, 0.25) is 0 Å². The number of carbonyl (C=O) groups excluding carboxylic acids is 1. The van der Waals surface area contributed by atoms with Crippen LogP contribution in [0.25, 0.3) is 0 Å². The molecule has 2 aliphatic heterocycles. The third-order valence-corrected chi connectivity index (χ3v) is 5.76. The van der Waals surface area contributed by atoms with Crippen molar-refractivity contribution in [3.05, 3.63) is 58.9 Å². The summed E-state index contributed by atoms with van der Waals surface area (Å²) in [6.07, 6.45) is 2.02. The van der Waals surface area contributed by atoms with Crippen LogP contribution < -0.4 is 10.1 Å². The summed E-state index contributed by atoms with van der Waals surface area (Å²) >= 11 is 6.15. The van der Waals surface area contributed by atoms with E-state index in [9.17, 15) is 9.18 Å². The molecule has 0 spiro atoms. The average Bonchev–Trinajstić information content (AvgIpc) is 3.03. The number of fused-ring (bicyclic) bond motifs is 1. The van der Waals surface area contributed by atoms with Crippen LogP contribution in [-0.4, -0.2) is 37.0 Å². The molecule has 2 saturated heterocycles. The van der Waals surface area contributed by atoms with E-state index in [4.69, 9.17) is 16.3 Å². The van der Waals surface area contributed by atoms with Crippen LogP contribution in [-0.2, 0) is 0 Å². The van der Waals surface area contributed by atoms with Crippen LogP contribution in [0.15, 0.2) is 42.5 Å². The number of nitrogens with one attached hydrogen (secondary N) is 1. The number of ether oxygens (including phenoxy) is 1. The molecule has 1 amide bonds. The molecule has 2 fully saturated rings. The molecule has 0 saturated carbocycles. The normalized spacial score (nSPS) is 21.4. The molecule has 2 aliphatic rings. The van der Waals surface area contributed by atoms with Crippen LogP contribution in [0.1, 0.15) is 23.2 Å². The van der Waals surface area contributed by atoms with Crippen molar-refractivity contribution >= 4 is 29.9 Å². The van der Waals surface area contributed by atoms with Gasteiger partial charge in [-0.15, -0.1) is 12.4 Å². The minimum absolute atomic E-state index is 0. The van der Waals surface area contributed by atoms with Crippen LogP contribution in [0, 0.1) is 17.7 Å². The number of hydrogen-bond donors (Lipinski definition) is 1. The summed E-state index contributed by atoms with van der Waals surface area (Å²) in [5, 5.41) is 3.93. The van der Waals surface area contributed by atoms with Gasteiger partial charge in [0.05, 0.1) is 5.56 Å². The van der Waals surface area contributed by atoms with Crippen molar-refractivity contribution in [1.29, 1.82) is 0 Å². The van der Waals surface area contributed by atoms with Gasteiger partial charge in [0.15, 0.2) is 0 Å². The Morgan fingerprint density at radius 2 is 1.71 bits per heavy atom. The molecule has 2 aromatic rings. The topological polar surface area (TPSA) is 41.6 Å². The van der Waals surface area contributed by atoms with Crippen molar-refractivity contribution in [2.75, 3.05) is 26.2 Å². The Balaban J connectivity index is 0.00000225. The molecule has 2 aromatic carbocycles. The van der Waals surface area contributed by atoms with E-state index in [1.165, 1.54) is 12.1 Å². The third kappa shape index (κ3) is 4.59. The summed E-state index contributed by atoms with van der Waals surface area (Å²) in [5.41, 5.74) is 0.442. The maximum absolute atomic E-state index is 13.2. The zero-order chi connectivity index (χ0) is 18.8. The van der Waals surface area contributed by atoms with Gasteiger partial charge in [-0.3, -0.25) is 4.79 Å². The molecular formula is C21H23Cl2FN2O2. The summed E-state index contributed by atoms with van der Waals surface area (Å²) in [4.78, 5) is 15.1. The van der Waals surface area contributed by atoms with Crippen molar-refractivity contribution in [1.82, 2.24) is 10.2 Å². The predicted molar refractivity (Wildman–Crippen MR) is 110 cm³/mol. The molecule has 2 heterocycles. The second-order valence-electron chi connectivity index (χ2n) is 7.24. The van der Waals surface area contributed by atoms with Crippen LogP contribution in [0.4, 0.5) is 4.39 Å². The molecule has 150 valence electrons. The first-order valence-electron chi connectivity index (χ1n) is 9.33. The maximum Gasteiger partial charge on any atom is 0.257 e. The molecule has 0 aromatic heterocycles. The van der Waals surface area contributed by atoms with Crippen molar-refractivity contribution in [3.63, 3.8) is 0 Å². The van der Waals surface area contributed by atoms with Gasteiger partial charge in [0.25, 0.3) is 5.91 Å². The van der Waals surface area contributed by atoms with Gasteiger partial charge in [-0.1, -0.05) is 11.6 Å². The minimum atomic E-state index is -0.334. The molecule has 0 unspecified atom stereocenters. The molecule has 1 N–H and O–H groups in total. The summed E-state index contributed by atoms with van der Waals surface area (Å²) < 4.78 is 19.0. The van der Waals surface area contributed by atoms with Gasteiger partial charge in [0.1, 0.15) is 17.3 Å². The highest BCUT2D eigenvalue weighted by Crippen LogP contribution is 2.32. The Morgan fingerprint density at radius 3 is 2.36 bits per heavy atom. The molecular weight excluding hydrogens is 402 g/mol. The smallest absolute Gasteiger partial charge is 0.257 e. The Labute approximate surface area is 175 Å². The number of hydrogen-bond acceptors (Lipinski definition) is 3. The van der Waals surface area contributed by atoms with Gasteiger partial charge < -0.3 is 15.0 Å². The molecule has 7 heteroatoms. The monoisotopic (exact) mass is 424 g/mol. The molecule has 4 nitrogen and oxygen atoms in total. The quantitative estimate of drug-likeness (QED) is 0.771. The predicted octanol–water partition coefficient (Wildman–Crippen LogP) is 4.76. The van der Waals surface area contributed by atoms with Crippen molar-refractivity contribution in [2.24, 2.45) is 11.8 Å². The SMILES string of the molecule is Cl.O=C(c1cc(Cl)ccc1Oc1ccc(F)cc1)N1CC[C@@H]2CNC[C@@H]2CC1. The largest absolute Gasteiger partial charge is 0.457 e. The Bertz CT molecular complexity index is 818. The van der Waals surface area contributed by atoms with Crippen LogP contribution in [0.2, 0.25) is 5.02 Å². The lowest BCUT2D eigenvalue weighted by Gasteiger charge is -2.22. The second kappa shape index (κ2) is 9.12. The Morgan fingerprint density at radius 1 is 1.07 bits per heavy atom. The van der Waals surface area contributed by atoms with E-state index in [-0.39, 0.29) is 24.1 Å². The fraction of sp³-hybridized carbons (Fsp3) is 0.381. The lowest BCUT2D eigenvalue weighted by molar-refractivity contribution is 0.0756. The van der Waals surface area contributed by atoms with Crippen LogP contribution in [0.3, 0.4) is 0 Å². The highest BCUT2D eigenvalue weighted by atomic mass is 35.5. The van der Waals surface area contributed by atoms with Crippen molar-refractivity contribution in [2.45, 2.75) is 12.8 Å². The summed E-state index contributed by atoms with van der Waals surface area (Å²) in [7, 11) is 0. The van der Waals surface area contributed by atoms with Crippen LogP contribution >= 0.6 is 24.0 Å². The standard InChI is InChI=1S/C21H22ClFN2O2.ClH/c22-16-1-6-20(27-18-4-2-17(23)3-5-18)19(11-16)21(26)25-9-7-14-12-24-13-15(14)8-10-25;/h1-6,11,14-15,24H,7-10,12-13H2;1H/t14-,15+;. The van der Waals surface area contributed by atoms with Crippen LogP contribution in [0.5, 0.6) is 11.5 Å². The van der Waals surface area contributed by atoms with E-state index in [0.717, 1.165) is 39.0 Å². The molecule has 28 heavy (non-hydrogen) atoms.